The number of hydrogen-bond acceptors (Lipinski definition) is 5. The topological polar surface area (TPSA) is 123 Å². The number of carbonyl (C=O) groups excluding carboxylic acids is 1. The number of benzene rings is 1. The fraction of sp³-hybridized carbons (Fsp3) is 0.143. The summed E-state index contributed by atoms with van der Waals surface area (Å²) in [5, 5.41) is 10.1. The molecule has 8 nitrogen and oxygen atoms in total. The van der Waals surface area contributed by atoms with Crippen molar-refractivity contribution >= 4 is 22.0 Å². The van der Waals surface area contributed by atoms with Gasteiger partial charge in [-0.2, -0.15) is 13.6 Å². The maximum absolute atomic E-state index is 11.7. The van der Waals surface area contributed by atoms with Gasteiger partial charge in [-0.05, 0) is 36.4 Å². The van der Waals surface area contributed by atoms with E-state index in [9.17, 15) is 13.2 Å². The molecule has 23 heavy (non-hydrogen) atoms. The summed E-state index contributed by atoms with van der Waals surface area (Å²) in [4.78, 5) is 15.9. The Morgan fingerprint density at radius 1 is 1.17 bits per heavy atom. The zero-order valence-electron chi connectivity index (χ0n) is 12.1. The Morgan fingerprint density at radius 3 is 2.52 bits per heavy atom. The minimum absolute atomic E-state index is 0.0635. The number of amides is 2. The molecule has 0 bridgehead atoms. The molecule has 0 aliphatic heterocycles. The van der Waals surface area contributed by atoms with Crippen LogP contribution in [0.25, 0.3) is 0 Å². The molecule has 0 aliphatic rings. The van der Waals surface area contributed by atoms with Crippen molar-refractivity contribution in [3.8, 4) is 5.75 Å². The Balaban J connectivity index is 1.79. The van der Waals surface area contributed by atoms with Crippen molar-refractivity contribution in [3.63, 3.8) is 0 Å². The van der Waals surface area contributed by atoms with Gasteiger partial charge < -0.3 is 14.8 Å². The second-order valence-electron chi connectivity index (χ2n) is 4.55. The molecule has 1 aromatic carbocycles. The van der Waals surface area contributed by atoms with Gasteiger partial charge in [0.05, 0.1) is 0 Å². The quantitative estimate of drug-likeness (QED) is 0.727. The van der Waals surface area contributed by atoms with E-state index in [1.807, 2.05) is 18.2 Å². The predicted octanol–water partition coefficient (Wildman–Crippen LogP) is 1.03. The number of nitrogens with one attached hydrogen (secondary N) is 2. The maximum Gasteiger partial charge on any atom is 0.380 e. The van der Waals surface area contributed by atoms with E-state index in [0.29, 0.717) is 18.7 Å². The van der Waals surface area contributed by atoms with Crippen LogP contribution in [0.15, 0.2) is 48.7 Å². The van der Waals surface area contributed by atoms with Gasteiger partial charge in [0.2, 0.25) is 0 Å². The summed E-state index contributed by atoms with van der Waals surface area (Å²) in [6, 6.07) is 11.0. The van der Waals surface area contributed by atoms with Crippen molar-refractivity contribution in [2.24, 2.45) is 5.14 Å². The van der Waals surface area contributed by atoms with Gasteiger partial charge in [-0.15, -0.1) is 0 Å². The van der Waals surface area contributed by atoms with E-state index in [1.165, 1.54) is 24.3 Å². The molecule has 122 valence electrons. The molecule has 0 atom stereocenters. The van der Waals surface area contributed by atoms with Crippen molar-refractivity contribution < 1.29 is 17.4 Å². The van der Waals surface area contributed by atoms with Gasteiger partial charge in [0.1, 0.15) is 5.75 Å². The van der Waals surface area contributed by atoms with Gasteiger partial charge in [-0.25, -0.2) is 4.79 Å². The molecule has 0 spiro atoms. The largest absolute Gasteiger partial charge is 0.380 e. The van der Waals surface area contributed by atoms with Crippen molar-refractivity contribution in [2.45, 2.75) is 6.42 Å². The van der Waals surface area contributed by atoms with Crippen molar-refractivity contribution in [3.05, 3.63) is 54.4 Å². The molecule has 0 aliphatic carbocycles. The molecule has 0 unspecified atom stereocenters. The fourth-order valence-electron chi connectivity index (χ4n) is 1.75. The van der Waals surface area contributed by atoms with Gasteiger partial charge >= 0.3 is 16.3 Å². The molecule has 2 amide bonds. The molecule has 0 saturated carbocycles. The molecule has 2 aromatic rings. The Bertz CT molecular complexity index is 748. The summed E-state index contributed by atoms with van der Waals surface area (Å²) in [5.41, 5.74) is 1.37. The number of aromatic nitrogens is 1. The number of hydrogen-bond donors (Lipinski definition) is 3. The first-order valence-corrected chi connectivity index (χ1v) is 8.16. The molecular formula is C14H16N4O4S. The second-order valence-corrected chi connectivity index (χ2v) is 5.70. The van der Waals surface area contributed by atoms with Crippen LogP contribution in [-0.2, 0) is 16.7 Å². The van der Waals surface area contributed by atoms with E-state index >= 15 is 0 Å². The number of carbonyl (C=O) groups is 1. The Morgan fingerprint density at radius 2 is 1.91 bits per heavy atom. The summed E-state index contributed by atoms with van der Waals surface area (Å²) in [5.74, 6) is 0.0635. The first-order valence-electron chi connectivity index (χ1n) is 6.69. The first kappa shape index (κ1) is 16.7. The van der Waals surface area contributed by atoms with Crippen molar-refractivity contribution in [1.29, 1.82) is 0 Å². The monoisotopic (exact) mass is 336 g/mol. The first-order chi connectivity index (χ1) is 10.9. The number of nitrogens with two attached hydrogens (primary N) is 1. The summed E-state index contributed by atoms with van der Waals surface area (Å²) in [6.07, 6.45) is 2.32. The fourth-order valence-corrected chi connectivity index (χ4v) is 2.13. The van der Waals surface area contributed by atoms with Crippen molar-refractivity contribution in [2.75, 3.05) is 11.9 Å². The third-order valence-corrected chi connectivity index (χ3v) is 3.14. The highest BCUT2D eigenvalue weighted by molar-refractivity contribution is 7.84. The van der Waals surface area contributed by atoms with Gasteiger partial charge in [0.25, 0.3) is 0 Å². The highest BCUT2D eigenvalue weighted by atomic mass is 32.2. The van der Waals surface area contributed by atoms with Crippen LogP contribution in [-0.4, -0.2) is 26.0 Å². The van der Waals surface area contributed by atoms with Crippen LogP contribution in [0, 0.1) is 0 Å². The lowest BCUT2D eigenvalue weighted by Crippen LogP contribution is -2.30. The van der Waals surface area contributed by atoms with Crippen LogP contribution >= 0.6 is 0 Å². The molecule has 1 heterocycles. The van der Waals surface area contributed by atoms with Gasteiger partial charge in [-0.3, -0.25) is 4.98 Å². The van der Waals surface area contributed by atoms with E-state index < -0.39 is 10.3 Å². The molecule has 0 radical (unpaired) electrons. The van der Waals surface area contributed by atoms with Gasteiger partial charge in [-0.1, -0.05) is 6.07 Å². The molecular weight excluding hydrogens is 320 g/mol. The summed E-state index contributed by atoms with van der Waals surface area (Å²) >= 11 is 0. The van der Waals surface area contributed by atoms with Crippen LogP contribution in [0.3, 0.4) is 0 Å². The summed E-state index contributed by atoms with van der Waals surface area (Å²) in [7, 11) is -4.06. The average molecular weight is 336 g/mol. The zero-order valence-corrected chi connectivity index (χ0v) is 12.9. The lowest BCUT2D eigenvalue weighted by Gasteiger charge is -2.08. The normalized spacial score (nSPS) is 10.8. The van der Waals surface area contributed by atoms with Crippen LogP contribution < -0.4 is 20.0 Å². The SMILES string of the molecule is NS(=O)(=O)Oc1ccc(NC(=O)NCCc2ccccn2)cc1. The highest BCUT2D eigenvalue weighted by Gasteiger charge is 2.06. The molecule has 0 saturated heterocycles. The minimum atomic E-state index is -4.06. The Hall–Kier alpha value is -2.65. The number of anilines is 1. The lowest BCUT2D eigenvalue weighted by molar-refractivity contribution is 0.252. The average Bonchev–Trinajstić information content (AvgIpc) is 2.49. The van der Waals surface area contributed by atoms with E-state index in [0.717, 1.165) is 5.69 Å². The van der Waals surface area contributed by atoms with Crippen molar-refractivity contribution in [1.82, 2.24) is 10.3 Å². The van der Waals surface area contributed by atoms with E-state index in [1.54, 1.807) is 6.20 Å². The number of nitrogens with zero attached hydrogens (tertiary/aromatic N) is 1. The van der Waals surface area contributed by atoms with E-state index in [2.05, 4.69) is 19.8 Å². The van der Waals surface area contributed by atoms with Crippen LogP contribution in [0.4, 0.5) is 10.5 Å². The van der Waals surface area contributed by atoms with Crippen LogP contribution in [0.2, 0.25) is 0 Å². The van der Waals surface area contributed by atoms with Gasteiger partial charge in [0, 0.05) is 30.5 Å². The maximum atomic E-state index is 11.7. The smallest absolute Gasteiger partial charge is 0.371 e. The summed E-state index contributed by atoms with van der Waals surface area (Å²) < 4.78 is 26.0. The van der Waals surface area contributed by atoms with E-state index in [4.69, 9.17) is 5.14 Å². The standard InChI is InChI=1S/C14H16N4O4S/c15-23(20,21)22-13-6-4-12(5-7-13)18-14(19)17-10-8-11-3-1-2-9-16-11/h1-7,9H,8,10H2,(H2,15,20,21)(H2,17,18,19). The number of rotatable bonds is 6. The Labute approximate surface area is 133 Å². The predicted molar refractivity (Wildman–Crippen MR) is 85.1 cm³/mol. The highest BCUT2D eigenvalue weighted by Crippen LogP contribution is 2.16. The van der Waals surface area contributed by atoms with Gasteiger partial charge in [0.15, 0.2) is 0 Å². The third-order valence-electron chi connectivity index (χ3n) is 2.72. The molecule has 0 fully saturated rings. The molecule has 9 heteroatoms. The zero-order chi connectivity index (χ0) is 16.7. The lowest BCUT2D eigenvalue weighted by atomic mass is 10.3. The molecule has 1 aromatic heterocycles. The molecule has 2 rings (SSSR count). The number of urea groups is 1. The third kappa shape index (κ3) is 6.32. The minimum Gasteiger partial charge on any atom is -0.371 e. The molecule has 4 N–H and O–H groups in total. The van der Waals surface area contributed by atoms with Crippen LogP contribution in [0.5, 0.6) is 5.75 Å². The van der Waals surface area contributed by atoms with Crippen LogP contribution in [0.1, 0.15) is 5.69 Å². The van der Waals surface area contributed by atoms with E-state index in [-0.39, 0.29) is 11.8 Å². The second kappa shape index (κ2) is 7.56. The number of pyridine rings is 1. The summed E-state index contributed by atoms with van der Waals surface area (Å²) in [6.45, 7) is 0.440. The Kier molecular flexibility index (Phi) is 5.50.